The minimum absolute atomic E-state index is 0.00413. The highest BCUT2D eigenvalue weighted by atomic mass is 32.2. The number of carbonyl (C=O) groups excluding carboxylic acids is 1. The summed E-state index contributed by atoms with van der Waals surface area (Å²) in [5.41, 5.74) is 3.90. The lowest BCUT2D eigenvalue weighted by molar-refractivity contribution is -0.110. The van der Waals surface area contributed by atoms with E-state index in [1.165, 1.54) is 22.7 Å². The van der Waals surface area contributed by atoms with Gasteiger partial charge in [0.05, 0.1) is 28.1 Å². The Labute approximate surface area is 258 Å². The van der Waals surface area contributed by atoms with Gasteiger partial charge in [0.1, 0.15) is 0 Å². The molecule has 1 aliphatic heterocycles. The van der Waals surface area contributed by atoms with Crippen LogP contribution in [0.4, 0.5) is 22.7 Å². The fraction of sp³-hybridized carbons (Fsp3) is 0.156. The Hall–Kier alpha value is -4.65. The monoisotopic (exact) mass is 631 g/mol. The van der Waals surface area contributed by atoms with Crippen molar-refractivity contribution in [3.05, 3.63) is 114 Å². The number of sulfonamides is 2. The van der Waals surface area contributed by atoms with E-state index in [1.54, 1.807) is 60.7 Å². The van der Waals surface area contributed by atoms with Crippen molar-refractivity contribution in [1.29, 1.82) is 0 Å². The Kier molecular flexibility index (Phi) is 8.77. The standard InChI is InChI=1S/C32H33N5O5S2/c1-36(2)20-21-37(43(3,39)40)26-16-14-24(15-17-26)33-31(23-10-6-4-7-11-23)30-28-22-27(18-19-29(28)34-32(30)38)44(41,42)35-25-12-8-5-9-13-25/h4-19,22,33,35H,20-21H2,1-3H3,(H,34,38). The molecule has 4 aromatic carbocycles. The zero-order valence-corrected chi connectivity index (χ0v) is 26.1. The van der Waals surface area contributed by atoms with Crippen molar-refractivity contribution in [3.8, 4) is 0 Å². The molecule has 0 atom stereocenters. The molecule has 44 heavy (non-hydrogen) atoms. The third-order valence-corrected chi connectivity index (χ3v) is 9.53. The van der Waals surface area contributed by atoms with Gasteiger partial charge in [-0.15, -0.1) is 0 Å². The Bertz CT molecular complexity index is 1910. The first-order valence-electron chi connectivity index (χ1n) is 13.8. The SMILES string of the molecule is CN(C)CCN(c1ccc(NC(=C2C(=O)Nc3ccc(S(=O)(=O)Nc4ccccc4)cc32)c2ccccc2)cc1)S(C)(=O)=O. The van der Waals surface area contributed by atoms with E-state index in [-0.39, 0.29) is 16.4 Å². The van der Waals surface area contributed by atoms with Gasteiger partial charge in [-0.25, -0.2) is 16.8 Å². The van der Waals surface area contributed by atoms with E-state index < -0.39 is 20.0 Å². The highest BCUT2D eigenvalue weighted by Crippen LogP contribution is 2.39. The van der Waals surface area contributed by atoms with Crippen LogP contribution in [0.5, 0.6) is 0 Å². The average Bonchev–Trinajstić information content (AvgIpc) is 3.31. The number of likely N-dealkylation sites (N-methyl/N-ethyl adjacent to an activating group) is 1. The maximum atomic E-state index is 13.4. The number of carbonyl (C=O) groups is 1. The van der Waals surface area contributed by atoms with Crippen molar-refractivity contribution in [2.45, 2.75) is 4.90 Å². The van der Waals surface area contributed by atoms with Crippen molar-refractivity contribution >= 4 is 60.0 Å². The number of para-hydroxylation sites is 1. The molecule has 1 heterocycles. The van der Waals surface area contributed by atoms with Crippen LogP contribution in [0, 0.1) is 0 Å². The van der Waals surface area contributed by atoms with Crippen LogP contribution in [0.15, 0.2) is 108 Å². The van der Waals surface area contributed by atoms with Gasteiger partial charge in [-0.1, -0.05) is 48.5 Å². The first-order valence-corrected chi connectivity index (χ1v) is 17.1. The molecule has 5 rings (SSSR count). The summed E-state index contributed by atoms with van der Waals surface area (Å²) in [6, 6.07) is 29.2. The van der Waals surface area contributed by atoms with Crippen LogP contribution in [-0.4, -0.2) is 61.1 Å². The number of anilines is 4. The topological polar surface area (TPSA) is 128 Å². The Morgan fingerprint density at radius 2 is 1.41 bits per heavy atom. The number of amides is 1. The minimum Gasteiger partial charge on any atom is -0.354 e. The lowest BCUT2D eigenvalue weighted by atomic mass is 10.00. The Morgan fingerprint density at radius 1 is 0.773 bits per heavy atom. The van der Waals surface area contributed by atoms with Gasteiger partial charge < -0.3 is 15.5 Å². The fourth-order valence-electron chi connectivity index (χ4n) is 4.80. The van der Waals surface area contributed by atoms with Crippen LogP contribution in [0.2, 0.25) is 0 Å². The van der Waals surface area contributed by atoms with Crippen molar-refractivity contribution < 1.29 is 21.6 Å². The van der Waals surface area contributed by atoms with Gasteiger partial charge in [-0.05, 0) is 74.3 Å². The quantitative estimate of drug-likeness (QED) is 0.204. The Balaban J connectivity index is 1.54. The maximum absolute atomic E-state index is 13.4. The predicted octanol–water partition coefficient (Wildman–Crippen LogP) is 4.75. The summed E-state index contributed by atoms with van der Waals surface area (Å²) in [5, 5.41) is 6.19. The normalized spacial score (nSPS) is 14.1. The van der Waals surface area contributed by atoms with E-state index >= 15 is 0 Å². The molecule has 10 nitrogen and oxygen atoms in total. The van der Waals surface area contributed by atoms with E-state index in [0.717, 1.165) is 0 Å². The van der Waals surface area contributed by atoms with Crippen LogP contribution in [0.25, 0.3) is 11.3 Å². The first kappa shape index (κ1) is 30.8. The molecular formula is C32H33N5O5S2. The second-order valence-corrected chi connectivity index (χ2v) is 14.1. The van der Waals surface area contributed by atoms with Crippen LogP contribution < -0.4 is 19.7 Å². The lowest BCUT2D eigenvalue weighted by Gasteiger charge is -2.24. The van der Waals surface area contributed by atoms with E-state index in [0.29, 0.717) is 52.7 Å². The summed E-state index contributed by atoms with van der Waals surface area (Å²) in [4.78, 5) is 15.3. The maximum Gasteiger partial charge on any atom is 0.261 e. The number of hydrogen-bond acceptors (Lipinski definition) is 7. The van der Waals surface area contributed by atoms with Crippen molar-refractivity contribution in [2.75, 3.05) is 53.1 Å². The predicted molar refractivity (Wildman–Crippen MR) is 176 cm³/mol. The van der Waals surface area contributed by atoms with E-state index in [4.69, 9.17) is 0 Å². The second-order valence-electron chi connectivity index (χ2n) is 10.6. The number of nitrogens with one attached hydrogen (secondary N) is 3. The second kappa shape index (κ2) is 12.5. The molecule has 0 saturated heterocycles. The van der Waals surface area contributed by atoms with Crippen molar-refractivity contribution in [2.24, 2.45) is 0 Å². The summed E-state index contributed by atoms with van der Waals surface area (Å²) in [6.07, 6.45) is 1.17. The largest absolute Gasteiger partial charge is 0.354 e. The number of fused-ring (bicyclic) bond motifs is 1. The molecule has 0 fully saturated rings. The van der Waals surface area contributed by atoms with Crippen molar-refractivity contribution in [1.82, 2.24) is 4.90 Å². The number of nitrogens with zero attached hydrogens (tertiary/aromatic N) is 2. The van der Waals surface area contributed by atoms with Gasteiger partial charge in [-0.2, -0.15) is 0 Å². The molecule has 0 saturated carbocycles. The Morgan fingerprint density at radius 3 is 2.02 bits per heavy atom. The molecule has 0 radical (unpaired) electrons. The van der Waals surface area contributed by atoms with Gasteiger partial charge in [0, 0.05) is 35.7 Å². The smallest absolute Gasteiger partial charge is 0.261 e. The third kappa shape index (κ3) is 6.94. The summed E-state index contributed by atoms with van der Waals surface area (Å²) in [5.74, 6) is -0.388. The minimum atomic E-state index is -3.95. The molecule has 0 spiro atoms. The van der Waals surface area contributed by atoms with Gasteiger partial charge in [-0.3, -0.25) is 13.8 Å². The molecule has 0 bridgehead atoms. The summed E-state index contributed by atoms with van der Waals surface area (Å²) in [6.45, 7) is 0.837. The van der Waals surface area contributed by atoms with E-state index in [2.05, 4.69) is 15.4 Å². The molecule has 1 aliphatic rings. The highest BCUT2D eigenvalue weighted by molar-refractivity contribution is 7.92. The van der Waals surface area contributed by atoms with Gasteiger partial charge >= 0.3 is 0 Å². The molecule has 0 aromatic heterocycles. The highest BCUT2D eigenvalue weighted by Gasteiger charge is 2.30. The van der Waals surface area contributed by atoms with Gasteiger partial charge in [0.15, 0.2) is 0 Å². The number of hydrogen-bond donors (Lipinski definition) is 3. The number of benzene rings is 4. The number of rotatable bonds is 11. The summed E-state index contributed by atoms with van der Waals surface area (Å²) < 4.78 is 55.5. The van der Waals surface area contributed by atoms with Crippen LogP contribution in [0.1, 0.15) is 11.1 Å². The average molecular weight is 632 g/mol. The van der Waals surface area contributed by atoms with Crippen LogP contribution in [-0.2, 0) is 24.8 Å². The van der Waals surface area contributed by atoms with Gasteiger partial charge in [0.25, 0.3) is 15.9 Å². The van der Waals surface area contributed by atoms with E-state index in [1.807, 2.05) is 49.3 Å². The lowest BCUT2D eigenvalue weighted by Crippen LogP contribution is -2.35. The molecular weight excluding hydrogens is 599 g/mol. The van der Waals surface area contributed by atoms with Crippen LogP contribution in [0.3, 0.4) is 0 Å². The molecule has 1 amide bonds. The summed E-state index contributed by atoms with van der Waals surface area (Å²) in [7, 11) is -3.71. The van der Waals surface area contributed by atoms with Crippen LogP contribution >= 0.6 is 0 Å². The zero-order valence-electron chi connectivity index (χ0n) is 24.5. The zero-order chi connectivity index (χ0) is 31.5. The van der Waals surface area contributed by atoms with Crippen molar-refractivity contribution in [3.63, 3.8) is 0 Å². The molecule has 0 aliphatic carbocycles. The van der Waals surface area contributed by atoms with Gasteiger partial charge in [0.2, 0.25) is 10.0 Å². The van der Waals surface area contributed by atoms with E-state index in [9.17, 15) is 21.6 Å². The fourth-order valence-corrected chi connectivity index (χ4v) is 6.80. The molecule has 12 heteroatoms. The molecule has 0 unspecified atom stereocenters. The summed E-state index contributed by atoms with van der Waals surface area (Å²) >= 11 is 0. The third-order valence-electron chi connectivity index (χ3n) is 6.96. The molecule has 228 valence electrons. The molecule has 3 N–H and O–H groups in total. The molecule has 4 aromatic rings. The first-order chi connectivity index (χ1) is 20.9.